The predicted molar refractivity (Wildman–Crippen MR) is 136 cm³/mol. The summed E-state index contributed by atoms with van der Waals surface area (Å²) in [4.78, 5) is 22.4. The van der Waals surface area contributed by atoms with Gasteiger partial charge in [-0.3, -0.25) is 0 Å². The third-order valence-electron chi connectivity index (χ3n) is 4.22. The Hall–Kier alpha value is -2.64. The number of rotatable bonds is 15. The van der Waals surface area contributed by atoms with Crippen molar-refractivity contribution in [1.29, 1.82) is 0 Å². The van der Waals surface area contributed by atoms with Crippen LogP contribution in [0.5, 0.6) is 0 Å². The van der Waals surface area contributed by atoms with Crippen LogP contribution >= 0.6 is 0 Å². The van der Waals surface area contributed by atoms with Crippen LogP contribution < -0.4 is 68.8 Å². The Balaban J connectivity index is 0.00000420. The zero-order chi connectivity index (χ0) is 28.5. The molecule has 24 heteroatoms. The molecule has 41 heavy (non-hydrogen) atoms. The molecule has 0 radical (unpaired) electrons. The summed E-state index contributed by atoms with van der Waals surface area (Å²) in [6, 6.07) is 5.97. The fourth-order valence-electron chi connectivity index (χ4n) is 2.70. The topological polar surface area (TPSA) is 289 Å². The summed E-state index contributed by atoms with van der Waals surface area (Å²) in [6.45, 7) is -0.309. The quantitative estimate of drug-likeness (QED) is 0.0400. The summed E-state index contributed by atoms with van der Waals surface area (Å²) in [7, 11) is -13.1. The van der Waals surface area contributed by atoms with Gasteiger partial charge in [-0.2, -0.15) is 33.2 Å². The Kier molecular flexibility index (Phi) is 14.3. The van der Waals surface area contributed by atoms with Crippen LogP contribution in [0.3, 0.4) is 0 Å². The number of sulfonamides is 2. The van der Waals surface area contributed by atoms with Gasteiger partial charge < -0.3 is 26.2 Å². The second-order valence-corrected chi connectivity index (χ2v) is 12.7. The number of hydrogen-bond acceptors (Lipinski definition) is 17. The zero-order valence-electron chi connectivity index (χ0n) is 21.8. The summed E-state index contributed by atoms with van der Waals surface area (Å²) < 4.78 is 86.4. The molecule has 2 heterocycles. The predicted octanol–water partition coefficient (Wildman–Crippen LogP) is -8.59. The molecule has 3 rings (SSSR count). The van der Waals surface area contributed by atoms with Crippen LogP contribution in [0, 0.1) is 6.07 Å². The van der Waals surface area contributed by atoms with E-state index in [2.05, 4.69) is 61.4 Å². The first-order valence-electron chi connectivity index (χ1n) is 10.6. The van der Waals surface area contributed by atoms with E-state index in [9.17, 15) is 29.8 Å². The molecule has 0 unspecified atom stereocenters. The molecule has 0 fully saturated rings. The van der Waals surface area contributed by atoms with Crippen molar-refractivity contribution in [1.82, 2.24) is 39.3 Å². The molecule has 2 aromatic heterocycles. The van der Waals surface area contributed by atoms with Crippen molar-refractivity contribution in [2.75, 3.05) is 52.9 Å². The molecule has 0 aliphatic heterocycles. The molecular weight excluding hydrogens is 594 g/mol. The second kappa shape index (κ2) is 16.1. The maximum Gasteiger partial charge on any atom is 1.00 e. The van der Waals surface area contributed by atoms with Gasteiger partial charge in [0.2, 0.25) is 43.8 Å². The largest absolute Gasteiger partial charge is 1.00 e. The molecule has 0 spiro atoms. The van der Waals surface area contributed by atoms with Crippen molar-refractivity contribution < 1.29 is 67.5 Å². The first kappa shape index (κ1) is 36.4. The number of anilines is 5. The molecule has 0 amide bonds. The van der Waals surface area contributed by atoms with Crippen LogP contribution in [0.2, 0.25) is 0 Å². The van der Waals surface area contributed by atoms with E-state index < -0.39 is 40.1 Å². The van der Waals surface area contributed by atoms with Gasteiger partial charge in [-0.05, 0) is 0 Å². The third-order valence-corrected chi connectivity index (χ3v) is 8.83. The average Bonchev–Trinajstić information content (AvgIpc) is 2.84. The van der Waals surface area contributed by atoms with E-state index in [1.54, 1.807) is 0 Å². The van der Waals surface area contributed by atoms with Gasteiger partial charge in [0.15, 0.2) is 5.08 Å². The minimum atomic E-state index is -4.70. The van der Waals surface area contributed by atoms with E-state index in [1.165, 1.54) is 18.7 Å². The summed E-state index contributed by atoms with van der Waals surface area (Å²) in [6.07, 6.45) is 2.51. The van der Waals surface area contributed by atoms with Crippen molar-refractivity contribution >= 4 is 59.6 Å². The van der Waals surface area contributed by atoms with Gasteiger partial charge in [-0.15, -0.1) is 6.07 Å². The Bertz CT molecular complexity index is 1600. The smallest absolute Gasteiger partial charge is 0.746 e. The fraction of sp³-hybridized carbons (Fsp3) is 0.294. The normalized spacial score (nSPS) is 11.5. The van der Waals surface area contributed by atoms with Crippen LogP contribution in [0.4, 0.5) is 29.5 Å². The number of benzene rings is 1. The molecule has 7 N–H and O–H groups in total. The minimum Gasteiger partial charge on any atom is -0.746 e. The van der Waals surface area contributed by atoms with E-state index in [1.807, 2.05) is 0 Å². The van der Waals surface area contributed by atoms with E-state index in [4.69, 9.17) is 5.73 Å². The summed E-state index contributed by atoms with van der Waals surface area (Å²) >= 11 is 0. The Morgan fingerprint density at radius 2 is 1.37 bits per heavy atom. The van der Waals surface area contributed by atoms with Gasteiger partial charge in [-0.1, -0.05) is 10.6 Å². The summed E-state index contributed by atoms with van der Waals surface area (Å²) in [5, 5.41) is 6.85. The number of hydrogen-bond donors (Lipinski definition) is 6. The van der Waals surface area contributed by atoms with Gasteiger partial charge >= 0.3 is 37.7 Å². The number of nitrogens with two attached hydrogens (primary N) is 1. The Morgan fingerprint density at radius 1 is 0.805 bits per heavy atom. The maximum atomic E-state index is 12.2. The van der Waals surface area contributed by atoms with Crippen LogP contribution in [0.1, 0.15) is 0 Å². The first-order chi connectivity index (χ1) is 18.3. The molecule has 0 saturated carbocycles. The van der Waals surface area contributed by atoms with E-state index in [-0.39, 0.29) is 93.4 Å². The van der Waals surface area contributed by atoms with Crippen molar-refractivity contribution in [3.8, 4) is 0 Å². The van der Waals surface area contributed by atoms with Crippen molar-refractivity contribution in [2.24, 2.45) is 0 Å². The number of nitrogens with zero attached hydrogens (tertiary/aromatic N) is 6. The Labute approximate surface area is 260 Å². The fourth-order valence-corrected chi connectivity index (χ4v) is 6.32. The number of nitrogen functional groups attached to an aromatic ring is 1. The molecule has 1 aromatic carbocycles. The van der Waals surface area contributed by atoms with Gasteiger partial charge in [0.1, 0.15) is 22.8 Å². The third kappa shape index (κ3) is 13.3. The first-order valence-corrected chi connectivity index (χ1v) is 15.3. The molecule has 0 aliphatic carbocycles. The SMILES string of the molecule is Nc1nc(NCCNS(=O)(=O)CS(=O)(=O)NCCNc2ncncn2)nc(Nc2[c-]ccc(S(=O)(=O)[O-])c2)n1.[Li+].[Li+]. The molecule has 19 nitrogen and oxygen atoms in total. The van der Waals surface area contributed by atoms with Crippen LogP contribution in [0.25, 0.3) is 0 Å². The molecular formula is C17H22Li2N12O7S3. The summed E-state index contributed by atoms with van der Waals surface area (Å²) in [5.41, 5.74) is 5.70. The average molecular weight is 617 g/mol. The monoisotopic (exact) mass is 616 g/mol. The molecule has 0 aliphatic rings. The molecule has 0 saturated heterocycles. The standard InChI is InChI=1S/C17H23N12O7S3.2Li/c18-14-27-16(29-17(28-14)26-12-2-1-3-13(8-12)39(34,35)36)21-5-7-25-38(32,33)11-37(30,31)24-6-4-20-15-22-9-19-10-23-15;;/h1,3,8-10,24-25H,4-7,11H2,(H,34,35,36)(H,19,20,22,23)(H4,18,21,26,27,28,29);;/q-1;2*+1/p-1. The van der Waals surface area contributed by atoms with Crippen molar-refractivity contribution in [3.05, 3.63) is 36.9 Å². The van der Waals surface area contributed by atoms with Crippen LogP contribution in [0.15, 0.2) is 35.7 Å². The van der Waals surface area contributed by atoms with Gasteiger partial charge in [-0.25, -0.2) is 49.6 Å². The van der Waals surface area contributed by atoms with Crippen molar-refractivity contribution in [3.63, 3.8) is 0 Å². The van der Waals surface area contributed by atoms with Crippen LogP contribution in [-0.4, -0.2) is 91.0 Å². The maximum absolute atomic E-state index is 12.2. The molecule has 212 valence electrons. The summed E-state index contributed by atoms with van der Waals surface area (Å²) in [5.74, 6) is -0.192. The number of aromatic nitrogens is 6. The second-order valence-electron chi connectivity index (χ2n) is 7.31. The Morgan fingerprint density at radius 3 is 1.95 bits per heavy atom. The number of nitrogens with one attached hydrogen (secondary N) is 5. The van der Waals surface area contributed by atoms with E-state index in [0.29, 0.717) is 0 Å². The minimum absolute atomic E-state index is 0. The van der Waals surface area contributed by atoms with Gasteiger partial charge in [0.25, 0.3) is 0 Å². The van der Waals surface area contributed by atoms with Gasteiger partial charge in [0, 0.05) is 26.2 Å². The molecule has 0 atom stereocenters. The van der Waals surface area contributed by atoms with E-state index >= 15 is 0 Å². The van der Waals surface area contributed by atoms with Gasteiger partial charge in [0.05, 0.1) is 0 Å². The van der Waals surface area contributed by atoms with Crippen molar-refractivity contribution in [2.45, 2.75) is 4.90 Å². The molecule has 3 aromatic rings. The molecule has 0 bridgehead atoms. The zero-order valence-corrected chi connectivity index (χ0v) is 24.2. The van der Waals surface area contributed by atoms with Crippen LogP contribution in [-0.2, 0) is 30.2 Å². The van der Waals surface area contributed by atoms with E-state index in [0.717, 1.165) is 12.1 Å².